The van der Waals surface area contributed by atoms with Crippen LogP contribution in [0.4, 0.5) is 13.2 Å². The van der Waals surface area contributed by atoms with Crippen molar-refractivity contribution in [2.45, 2.75) is 63.5 Å². The van der Waals surface area contributed by atoms with Crippen LogP contribution >= 0.6 is 0 Å². The molecule has 0 amide bonds. The number of rotatable bonds is 7. The van der Waals surface area contributed by atoms with Crippen molar-refractivity contribution in [1.82, 2.24) is 0 Å². The summed E-state index contributed by atoms with van der Waals surface area (Å²) in [6.07, 6.45) is -0.588. The van der Waals surface area contributed by atoms with Crippen LogP contribution in [0.3, 0.4) is 0 Å². The second-order valence-electron chi connectivity index (χ2n) is 9.57. The predicted molar refractivity (Wildman–Crippen MR) is 129 cm³/mol. The van der Waals surface area contributed by atoms with Crippen molar-refractivity contribution in [2.24, 2.45) is 5.92 Å². The maximum atomic E-state index is 13.8. The van der Waals surface area contributed by atoms with Gasteiger partial charge in [0, 0.05) is 6.42 Å². The minimum atomic E-state index is -4.44. The smallest absolute Gasteiger partial charge is 0.416 e. The van der Waals surface area contributed by atoms with Crippen LogP contribution in [0.5, 0.6) is 0 Å². The molecule has 0 aromatic heterocycles. The minimum Gasteiger partial charge on any atom is -0.469 e. The first-order valence-corrected chi connectivity index (χ1v) is 12.0. The molecule has 1 aliphatic rings. The molecule has 0 saturated heterocycles. The lowest BCUT2D eigenvalue weighted by Crippen LogP contribution is -2.12. The van der Waals surface area contributed by atoms with E-state index in [-0.39, 0.29) is 24.3 Å². The van der Waals surface area contributed by atoms with Gasteiger partial charge in [0.05, 0.1) is 12.7 Å². The zero-order valence-corrected chi connectivity index (χ0v) is 19.7. The Bertz CT molecular complexity index is 1150. The molecule has 180 valence electrons. The van der Waals surface area contributed by atoms with E-state index in [1.165, 1.54) is 29.5 Å². The maximum absolute atomic E-state index is 13.8. The number of alkyl halides is 3. The molecule has 3 atom stereocenters. The lowest BCUT2D eigenvalue weighted by molar-refractivity contribution is -0.142. The first-order chi connectivity index (χ1) is 16.3. The standard InChI is InChI=1S/C29H31F3O2/c1-19(25-9-5-7-21-6-3-4-8-26(21)25)16-20-10-11-23(17-20)24-13-12-22(14-15-28(33)34-2)27(18-24)29(30,31)32/h3-9,12-13,18-20,23H,10-11,14-17H2,1-2H3/t19-,20-,23+/m0/s1. The van der Waals surface area contributed by atoms with E-state index in [1.54, 1.807) is 6.07 Å². The third-order valence-corrected chi connectivity index (χ3v) is 7.32. The molecule has 0 radical (unpaired) electrons. The van der Waals surface area contributed by atoms with Crippen molar-refractivity contribution in [2.75, 3.05) is 7.11 Å². The first-order valence-electron chi connectivity index (χ1n) is 12.0. The summed E-state index contributed by atoms with van der Waals surface area (Å²) < 4.78 is 45.9. The van der Waals surface area contributed by atoms with Crippen LogP contribution < -0.4 is 0 Å². The number of hydrogen-bond donors (Lipinski definition) is 0. The number of fused-ring (bicyclic) bond motifs is 1. The van der Waals surface area contributed by atoms with Gasteiger partial charge >= 0.3 is 12.1 Å². The molecule has 4 rings (SSSR count). The fourth-order valence-electron chi connectivity index (χ4n) is 5.57. The second-order valence-corrected chi connectivity index (χ2v) is 9.57. The third kappa shape index (κ3) is 5.45. The van der Waals surface area contributed by atoms with E-state index in [0.29, 0.717) is 11.8 Å². The number of benzene rings is 3. The molecule has 0 N–H and O–H groups in total. The van der Waals surface area contributed by atoms with Crippen molar-refractivity contribution in [3.8, 4) is 0 Å². The molecular formula is C29H31F3O2. The van der Waals surface area contributed by atoms with Gasteiger partial charge in [-0.3, -0.25) is 4.79 Å². The molecule has 1 fully saturated rings. The zero-order chi connectivity index (χ0) is 24.3. The number of methoxy groups -OCH3 is 1. The summed E-state index contributed by atoms with van der Waals surface area (Å²) in [6, 6.07) is 19.5. The molecule has 2 nitrogen and oxygen atoms in total. The highest BCUT2D eigenvalue weighted by Gasteiger charge is 2.35. The zero-order valence-electron chi connectivity index (χ0n) is 19.7. The SMILES string of the molecule is COC(=O)CCc1ccc([C@@H]2CC[C@@H](C[C@H](C)c3cccc4ccccc34)C2)cc1C(F)(F)F. The molecule has 1 saturated carbocycles. The van der Waals surface area contributed by atoms with Gasteiger partial charge in [0.1, 0.15) is 0 Å². The van der Waals surface area contributed by atoms with E-state index in [9.17, 15) is 18.0 Å². The van der Waals surface area contributed by atoms with E-state index in [1.807, 2.05) is 12.1 Å². The monoisotopic (exact) mass is 468 g/mol. The number of ether oxygens (including phenoxy) is 1. The molecule has 0 unspecified atom stereocenters. The van der Waals surface area contributed by atoms with Crippen LogP contribution in [0.15, 0.2) is 60.7 Å². The lowest BCUT2D eigenvalue weighted by atomic mass is 9.85. The molecule has 0 heterocycles. The fourth-order valence-corrected chi connectivity index (χ4v) is 5.57. The highest BCUT2D eigenvalue weighted by molar-refractivity contribution is 5.86. The van der Waals surface area contributed by atoms with Gasteiger partial charge < -0.3 is 4.74 Å². The Balaban J connectivity index is 1.46. The largest absolute Gasteiger partial charge is 0.469 e. The second kappa shape index (κ2) is 10.2. The van der Waals surface area contributed by atoms with Gasteiger partial charge in [-0.2, -0.15) is 13.2 Å². The van der Waals surface area contributed by atoms with Crippen molar-refractivity contribution in [1.29, 1.82) is 0 Å². The Kier molecular flexibility index (Phi) is 7.30. The summed E-state index contributed by atoms with van der Waals surface area (Å²) in [5.74, 6) is 0.519. The Morgan fingerprint density at radius 2 is 1.82 bits per heavy atom. The number of hydrogen-bond acceptors (Lipinski definition) is 2. The maximum Gasteiger partial charge on any atom is 0.416 e. The molecule has 1 aliphatic carbocycles. The minimum absolute atomic E-state index is 0.0254. The van der Waals surface area contributed by atoms with Gasteiger partial charge in [0.2, 0.25) is 0 Å². The predicted octanol–water partition coefficient (Wildman–Crippen LogP) is 8.04. The normalized spacial score (nSPS) is 19.3. The van der Waals surface area contributed by atoms with Gasteiger partial charge in [-0.05, 0) is 83.4 Å². The molecule has 3 aromatic rings. The van der Waals surface area contributed by atoms with E-state index < -0.39 is 17.7 Å². The summed E-state index contributed by atoms with van der Waals surface area (Å²) in [7, 11) is 1.24. The third-order valence-electron chi connectivity index (χ3n) is 7.32. The summed E-state index contributed by atoms with van der Waals surface area (Å²) in [5, 5.41) is 2.52. The first kappa shape index (κ1) is 24.3. The van der Waals surface area contributed by atoms with Crippen LogP contribution in [-0.4, -0.2) is 13.1 Å². The van der Waals surface area contributed by atoms with Gasteiger partial charge in [-0.1, -0.05) is 61.5 Å². The van der Waals surface area contributed by atoms with Gasteiger partial charge in [0.15, 0.2) is 0 Å². The highest BCUT2D eigenvalue weighted by Crippen LogP contribution is 2.44. The molecule has 3 aromatic carbocycles. The molecule has 5 heteroatoms. The Morgan fingerprint density at radius 3 is 2.59 bits per heavy atom. The number of carbonyl (C=O) groups excluding carboxylic acids is 1. The van der Waals surface area contributed by atoms with Crippen molar-refractivity contribution in [3.63, 3.8) is 0 Å². The van der Waals surface area contributed by atoms with Crippen molar-refractivity contribution >= 4 is 16.7 Å². The number of esters is 1. The quantitative estimate of drug-likeness (QED) is 0.328. The number of aryl methyl sites for hydroxylation is 1. The van der Waals surface area contributed by atoms with Crippen LogP contribution in [0.2, 0.25) is 0 Å². The lowest BCUT2D eigenvalue weighted by Gasteiger charge is -2.20. The molecule has 0 spiro atoms. The van der Waals surface area contributed by atoms with Crippen molar-refractivity contribution < 1.29 is 22.7 Å². The molecular weight excluding hydrogens is 437 g/mol. The van der Waals surface area contributed by atoms with E-state index in [4.69, 9.17) is 0 Å². The number of carbonyl (C=O) groups is 1. The van der Waals surface area contributed by atoms with Crippen molar-refractivity contribution in [3.05, 3.63) is 82.9 Å². The molecule has 0 bridgehead atoms. The number of halogens is 3. The average Bonchev–Trinajstić information content (AvgIpc) is 3.29. The van der Waals surface area contributed by atoms with E-state index in [2.05, 4.69) is 48.1 Å². The van der Waals surface area contributed by atoms with Gasteiger partial charge in [-0.25, -0.2) is 0 Å². The summed E-state index contributed by atoms with van der Waals surface area (Å²) in [4.78, 5) is 11.4. The van der Waals surface area contributed by atoms with E-state index >= 15 is 0 Å². The van der Waals surface area contributed by atoms with E-state index in [0.717, 1.165) is 31.2 Å². The molecule has 0 aliphatic heterocycles. The van der Waals surface area contributed by atoms with Crippen LogP contribution in [-0.2, 0) is 22.1 Å². The summed E-state index contributed by atoms with van der Waals surface area (Å²) in [5.41, 5.74) is 1.63. The summed E-state index contributed by atoms with van der Waals surface area (Å²) in [6.45, 7) is 2.26. The topological polar surface area (TPSA) is 26.3 Å². The van der Waals surface area contributed by atoms with Crippen LogP contribution in [0.1, 0.15) is 73.1 Å². The highest BCUT2D eigenvalue weighted by atomic mass is 19.4. The summed E-state index contributed by atoms with van der Waals surface area (Å²) >= 11 is 0. The van der Waals surface area contributed by atoms with Crippen LogP contribution in [0, 0.1) is 5.92 Å². The molecule has 34 heavy (non-hydrogen) atoms. The van der Waals surface area contributed by atoms with Crippen LogP contribution in [0.25, 0.3) is 10.8 Å². The Hall–Kier alpha value is -2.82. The fraction of sp³-hybridized carbons (Fsp3) is 0.414. The Labute approximate surface area is 199 Å². The Morgan fingerprint density at radius 1 is 1.06 bits per heavy atom. The van der Waals surface area contributed by atoms with Gasteiger partial charge in [-0.15, -0.1) is 0 Å². The van der Waals surface area contributed by atoms with Gasteiger partial charge in [0.25, 0.3) is 0 Å². The average molecular weight is 469 g/mol.